The molecular weight excluding hydrogens is 522 g/mol. The quantitative estimate of drug-likeness (QED) is 0.442. The Bertz CT molecular complexity index is 1260. The highest BCUT2D eigenvalue weighted by Gasteiger charge is 2.39. The van der Waals surface area contributed by atoms with E-state index in [9.17, 15) is 24.3 Å². The number of benzene rings is 2. The largest absolute Gasteiger partial charge is 0.481 e. The minimum atomic E-state index is -0.973. The third kappa shape index (κ3) is 8.31. The highest BCUT2D eigenvalue weighted by atomic mass is 16.6. The Labute approximate surface area is 241 Å². The lowest BCUT2D eigenvalue weighted by molar-refractivity contribution is -0.142. The summed E-state index contributed by atoms with van der Waals surface area (Å²) in [5, 5.41) is 12.3. The average Bonchev–Trinajstić information content (AvgIpc) is 3.20. The molecule has 3 amide bonds. The van der Waals surface area contributed by atoms with Crippen LogP contribution in [-0.4, -0.2) is 70.1 Å². The molecule has 9 heteroatoms. The molecule has 2 heterocycles. The first-order chi connectivity index (χ1) is 19.5. The summed E-state index contributed by atoms with van der Waals surface area (Å²) < 4.78 is 5.51. The average molecular weight is 564 g/mol. The number of ether oxygens (including phenoxy) is 1. The molecule has 1 fully saturated rings. The second-order valence-corrected chi connectivity index (χ2v) is 12.0. The zero-order valence-corrected chi connectivity index (χ0v) is 24.2. The van der Waals surface area contributed by atoms with E-state index in [1.54, 1.807) is 11.0 Å². The molecule has 0 aromatic heterocycles. The monoisotopic (exact) mass is 563 g/mol. The van der Waals surface area contributed by atoms with Crippen LogP contribution in [0.25, 0.3) is 0 Å². The molecule has 41 heavy (non-hydrogen) atoms. The van der Waals surface area contributed by atoms with Crippen molar-refractivity contribution in [3.8, 4) is 0 Å². The van der Waals surface area contributed by atoms with Gasteiger partial charge in [-0.05, 0) is 81.7 Å². The van der Waals surface area contributed by atoms with Gasteiger partial charge in [-0.2, -0.15) is 0 Å². The number of amides is 3. The number of likely N-dealkylation sites (tertiary alicyclic amines) is 1. The molecular formula is C32H41N3O6. The third-order valence-electron chi connectivity index (χ3n) is 7.65. The number of rotatable bonds is 10. The maximum atomic E-state index is 13.0. The van der Waals surface area contributed by atoms with Crippen LogP contribution in [0.3, 0.4) is 0 Å². The molecule has 2 N–H and O–H groups in total. The van der Waals surface area contributed by atoms with Crippen molar-refractivity contribution >= 4 is 23.9 Å². The van der Waals surface area contributed by atoms with Crippen molar-refractivity contribution in [2.75, 3.05) is 19.6 Å². The number of nitrogens with one attached hydrogen (secondary N) is 1. The van der Waals surface area contributed by atoms with Gasteiger partial charge in [-0.1, -0.05) is 36.4 Å². The van der Waals surface area contributed by atoms with Gasteiger partial charge in [0, 0.05) is 37.8 Å². The lowest BCUT2D eigenvalue weighted by Gasteiger charge is -2.31. The Kier molecular flexibility index (Phi) is 9.68. The van der Waals surface area contributed by atoms with E-state index < -0.39 is 17.5 Å². The number of hydrogen-bond donors (Lipinski definition) is 2. The highest BCUT2D eigenvalue weighted by Crippen LogP contribution is 2.30. The summed E-state index contributed by atoms with van der Waals surface area (Å²) in [7, 11) is 0. The predicted octanol–water partition coefficient (Wildman–Crippen LogP) is 4.42. The van der Waals surface area contributed by atoms with E-state index in [0.29, 0.717) is 51.0 Å². The fourth-order valence-corrected chi connectivity index (χ4v) is 5.65. The molecule has 2 aromatic carbocycles. The first kappa shape index (κ1) is 30.1. The smallest absolute Gasteiger partial charge is 0.410 e. The van der Waals surface area contributed by atoms with Gasteiger partial charge >= 0.3 is 12.1 Å². The fourth-order valence-electron chi connectivity index (χ4n) is 5.65. The summed E-state index contributed by atoms with van der Waals surface area (Å²) in [5.41, 5.74) is 3.18. The van der Waals surface area contributed by atoms with Crippen molar-refractivity contribution in [3.05, 3.63) is 70.8 Å². The van der Waals surface area contributed by atoms with Crippen molar-refractivity contribution in [2.45, 2.75) is 77.5 Å². The second kappa shape index (κ2) is 13.2. The van der Waals surface area contributed by atoms with Gasteiger partial charge in [0.2, 0.25) is 5.91 Å². The topological polar surface area (TPSA) is 116 Å². The summed E-state index contributed by atoms with van der Waals surface area (Å²) in [6, 6.07) is 15.5. The molecule has 2 atom stereocenters. The van der Waals surface area contributed by atoms with Crippen LogP contribution in [-0.2, 0) is 33.7 Å². The summed E-state index contributed by atoms with van der Waals surface area (Å²) in [4.78, 5) is 53.4. The van der Waals surface area contributed by atoms with Crippen molar-refractivity contribution in [1.29, 1.82) is 0 Å². The van der Waals surface area contributed by atoms with Gasteiger partial charge in [0.25, 0.3) is 5.91 Å². The summed E-state index contributed by atoms with van der Waals surface area (Å²) in [6.07, 6.45) is 2.81. The van der Waals surface area contributed by atoms with Crippen LogP contribution in [0.5, 0.6) is 0 Å². The summed E-state index contributed by atoms with van der Waals surface area (Å²) >= 11 is 0. The molecule has 4 rings (SSSR count). The van der Waals surface area contributed by atoms with Crippen molar-refractivity contribution < 1.29 is 29.0 Å². The standard InChI is InChI=1S/C32H41N3O6/c1-32(2,3)41-31(40)34-17-14-23-11-12-24(18-26(23)21-34)29(38)33-15-13-27-19-25(20-28(36)37)30(39)35(27)16-7-10-22-8-5-4-6-9-22/h4-6,8-9,11-12,18,25,27H,7,10,13-17,19-21H2,1-3H3,(H,33,38)(H,36,37)/t25-,27+/m0/s1. The van der Waals surface area contributed by atoms with Crippen LogP contribution < -0.4 is 5.32 Å². The van der Waals surface area contributed by atoms with Crippen LogP contribution in [0.1, 0.15) is 73.5 Å². The van der Waals surface area contributed by atoms with Crippen LogP contribution >= 0.6 is 0 Å². The molecule has 0 saturated carbocycles. The number of carboxylic acid groups (broad SMARTS) is 1. The zero-order chi connectivity index (χ0) is 29.6. The SMILES string of the molecule is CC(C)(C)OC(=O)N1CCc2ccc(C(=O)NCC[C@@H]3C[C@@H](CC(=O)O)C(=O)N3CCCc3ccccc3)cc2C1. The Morgan fingerprint density at radius 1 is 1.07 bits per heavy atom. The molecule has 2 aliphatic rings. The van der Waals surface area contributed by atoms with E-state index in [1.807, 2.05) is 56.0 Å². The lowest BCUT2D eigenvalue weighted by atomic mass is 9.97. The van der Waals surface area contributed by atoms with Crippen LogP contribution in [0.4, 0.5) is 4.79 Å². The molecule has 1 saturated heterocycles. The first-order valence-corrected chi connectivity index (χ1v) is 14.4. The van der Waals surface area contributed by atoms with E-state index in [0.717, 1.165) is 24.0 Å². The number of carboxylic acids is 1. The molecule has 9 nitrogen and oxygen atoms in total. The zero-order valence-electron chi connectivity index (χ0n) is 24.2. The summed E-state index contributed by atoms with van der Waals surface area (Å²) in [6.45, 7) is 7.39. The van der Waals surface area contributed by atoms with Gasteiger partial charge in [0.1, 0.15) is 5.60 Å². The van der Waals surface area contributed by atoms with Gasteiger partial charge in [-0.15, -0.1) is 0 Å². The molecule has 0 unspecified atom stereocenters. The Hall–Kier alpha value is -3.88. The number of fused-ring (bicyclic) bond motifs is 1. The molecule has 0 spiro atoms. The number of nitrogens with zero attached hydrogens (tertiary/aromatic N) is 2. The van der Waals surface area contributed by atoms with Gasteiger partial charge in [0.05, 0.1) is 12.3 Å². The van der Waals surface area contributed by atoms with Gasteiger partial charge < -0.3 is 25.0 Å². The Balaban J connectivity index is 1.33. The minimum Gasteiger partial charge on any atom is -0.481 e. The summed E-state index contributed by atoms with van der Waals surface area (Å²) in [5.74, 6) is -1.83. The molecule has 0 bridgehead atoms. The Morgan fingerprint density at radius 2 is 1.83 bits per heavy atom. The Morgan fingerprint density at radius 3 is 2.54 bits per heavy atom. The van der Waals surface area contributed by atoms with E-state index >= 15 is 0 Å². The third-order valence-corrected chi connectivity index (χ3v) is 7.65. The maximum Gasteiger partial charge on any atom is 0.410 e. The van der Waals surface area contributed by atoms with Gasteiger partial charge in [-0.25, -0.2) is 4.79 Å². The van der Waals surface area contributed by atoms with E-state index in [1.165, 1.54) is 5.56 Å². The van der Waals surface area contributed by atoms with Crippen LogP contribution in [0, 0.1) is 5.92 Å². The van der Waals surface area contributed by atoms with Crippen molar-refractivity contribution in [1.82, 2.24) is 15.1 Å². The maximum absolute atomic E-state index is 13.0. The molecule has 220 valence electrons. The number of carbonyl (C=O) groups excluding carboxylic acids is 3. The highest BCUT2D eigenvalue weighted by molar-refractivity contribution is 5.94. The lowest BCUT2D eigenvalue weighted by Crippen LogP contribution is -2.40. The van der Waals surface area contributed by atoms with Crippen LogP contribution in [0.2, 0.25) is 0 Å². The minimum absolute atomic E-state index is 0.110. The van der Waals surface area contributed by atoms with Gasteiger partial charge in [-0.3, -0.25) is 14.4 Å². The fraction of sp³-hybridized carbons (Fsp3) is 0.500. The molecule has 0 radical (unpaired) electrons. The second-order valence-electron chi connectivity index (χ2n) is 12.0. The van der Waals surface area contributed by atoms with Crippen LogP contribution in [0.15, 0.2) is 48.5 Å². The molecule has 2 aliphatic heterocycles. The predicted molar refractivity (Wildman–Crippen MR) is 154 cm³/mol. The van der Waals surface area contributed by atoms with E-state index in [2.05, 4.69) is 17.4 Å². The van der Waals surface area contributed by atoms with Crippen molar-refractivity contribution in [2.24, 2.45) is 5.92 Å². The molecule has 0 aliphatic carbocycles. The molecule has 2 aromatic rings. The number of aryl methyl sites for hydroxylation is 1. The van der Waals surface area contributed by atoms with E-state index in [4.69, 9.17) is 4.74 Å². The number of carbonyl (C=O) groups is 4. The number of aliphatic carboxylic acids is 1. The first-order valence-electron chi connectivity index (χ1n) is 14.4. The van der Waals surface area contributed by atoms with Crippen molar-refractivity contribution in [3.63, 3.8) is 0 Å². The number of hydrogen-bond acceptors (Lipinski definition) is 5. The normalized spacial score (nSPS) is 18.7. The van der Waals surface area contributed by atoms with E-state index in [-0.39, 0.29) is 30.4 Å². The van der Waals surface area contributed by atoms with Gasteiger partial charge in [0.15, 0.2) is 0 Å².